The molecule has 2 aromatic heterocycles. The van der Waals surface area contributed by atoms with Crippen LogP contribution in [-0.4, -0.2) is 34.7 Å². The Morgan fingerprint density at radius 2 is 1.82 bits per heavy atom. The summed E-state index contributed by atoms with van der Waals surface area (Å²) in [4.78, 5) is 20.6. The van der Waals surface area contributed by atoms with E-state index in [0.717, 1.165) is 12.1 Å². The van der Waals surface area contributed by atoms with E-state index in [1.165, 1.54) is 19.2 Å². The third-order valence-corrected chi connectivity index (χ3v) is 5.49. The van der Waals surface area contributed by atoms with Crippen LogP contribution >= 0.6 is 0 Å². The highest BCUT2D eigenvalue weighted by Crippen LogP contribution is 2.37. The number of hydrogen-bond acceptors (Lipinski definition) is 7. The molecule has 0 saturated carbocycles. The lowest BCUT2D eigenvalue weighted by molar-refractivity contribution is -0.140. The molecule has 4 rings (SSSR count). The topological polar surface area (TPSA) is 124 Å². The van der Waals surface area contributed by atoms with Crippen molar-refractivity contribution in [3.63, 3.8) is 0 Å². The molecule has 14 heteroatoms. The van der Waals surface area contributed by atoms with Crippen LogP contribution in [0.15, 0.2) is 40.8 Å². The van der Waals surface area contributed by atoms with Crippen molar-refractivity contribution in [2.45, 2.75) is 18.8 Å². The molecular formula is C24H18F6N4O4. The maximum absolute atomic E-state index is 14.0. The van der Waals surface area contributed by atoms with Crippen LogP contribution in [0.25, 0.3) is 22.4 Å². The van der Waals surface area contributed by atoms with E-state index in [9.17, 15) is 36.2 Å². The molecule has 0 bridgehead atoms. The lowest BCUT2D eigenvalue weighted by atomic mass is 10.1. The number of amides is 1. The van der Waals surface area contributed by atoms with Crippen molar-refractivity contribution in [3.05, 3.63) is 76.6 Å². The Labute approximate surface area is 210 Å². The second-order valence-electron chi connectivity index (χ2n) is 7.96. The Morgan fingerprint density at radius 1 is 1.13 bits per heavy atom. The summed E-state index contributed by atoms with van der Waals surface area (Å²) in [7, 11) is 1.25. The zero-order chi connectivity index (χ0) is 27.8. The first-order valence-corrected chi connectivity index (χ1v) is 10.8. The van der Waals surface area contributed by atoms with Crippen molar-refractivity contribution in [1.82, 2.24) is 15.3 Å². The molecule has 0 unspecified atom stereocenters. The molecule has 0 saturated heterocycles. The number of ether oxygens (including phenoxy) is 1. The minimum absolute atomic E-state index is 0.0232. The zero-order valence-corrected chi connectivity index (χ0v) is 19.4. The predicted octanol–water partition coefficient (Wildman–Crippen LogP) is 4.26. The number of aliphatic hydroxyl groups excluding tert-OH is 1. The van der Waals surface area contributed by atoms with Gasteiger partial charge in [0.05, 0.1) is 19.8 Å². The summed E-state index contributed by atoms with van der Waals surface area (Å²) >= 11 is 0. The van der Waals surface area contributed by atoms with Crippen LogP contribution < -0.4 is 15.8 Å². The first-order valence-electron chi connectivity index (χ1n) is 10.8. The van der Waals surface area contributed by atoms with Gasteiger partial charge in [0.2, 0.25) is 5.89 Å². The van der Waals surface area contributed by atoms with Gasteiger partial charge in [-0.25, -0.2) is 23.1 Å². The van der Waals surface area contributed by atoms with Crippen molar-refractivity contribution in [3.8, 4) is 17.2 Å². The van der Waals surface area contributed by atoms with E-state index in [4.69, 9.17) is 14.9 Å². The number of halogens is 6. The Kier molecular flexibility index (Phi) is 7.29. The predicted molar refractivity (Wildman–Crippen MR) is 120 cm³/mol. The largest absolute Gasteiger partial charge is 0.494 e. The fourth-order valence-corrected chi connectivity index (χ4v) is 3.64. The SMILES string of the molecule is COc1ccc(-c2nc(C(=O)NCc3c(F)cc(F)cc3F)c([C@@H](N)CO)o2)c2ccc(C(F)(F)F)nc12. The van der Waals surface area contributed by atoms with Crippen molar-refractivity contribution in [2.75, 3.05) is 13.7 Å². The summed E-state index contributed by atoms with van der Waals surface area (Å²) in [5, 5.41) is 11.9. The molecule has 0 radical (unpaired) electrons. The van der Waals surface area contributed by atoms with Gasteiger partial charge in [-0.3, -0.25) is 4.79 Å². The van der Waals surface area contributed by atoms with Gasteiger partial charge in [-0.1, -0.05) is 0 Å². The number of benzene rings is 2. The van der Waals surface area contributed by atoms with Gasteiger partial charge in [0.1, 0.15) is 34.4 Å². The van der Waals surface area contributed by atoms with Crippen LogP contribution in [0.1, 0.15) is 33.5 Å². The van der Waals surface area contributed by atoms with Gasteiger partial charge in [-0.15, -0.1) is 0 Å². The number of pyridine rings is 1. The van der Waals surface area contributed by atoms with Gasteiger partial charge in [0, 0.05) is 35.2 Å². The van der Waals surface area contributed by atoms with Gasteiger partial charge >= 0.3 is 6.18 Å². The number of oxazole rings is 1. The van der Waals surface area contributed by atoms with Crippen LogP contribution in [0.3, 0.4) is 0 Å². The molecule has 0 aliphatic rings. The van der Waals surface area contributed by atoms with E-state index in [-0.39, 0.29) is 33.9 Å². The summed E-state index contributed by atoms with van der Waals surface area (Å²) in [5.74, 6) is -5.15. The van der Waals surface area contributed by atoms with Crippen molar-refractivity contribution in [1.29, 1.82) is 0 Å². The fraction of sp³-hybridized carbons (Fsp3) is 0.208. The monoisotopic (exact) mass is 540 g/mol. The fourth-order valence-electron chi connectivity index (χ4n) is 3.64. The van der Waals surface area contributed by atoms with Crippen LogP contribution in [-0.2, 0) is 12.7 Å². The smallest absolute Gasteiger partial charge is 0.433 e. The van der Waals surface area contributed by atoms with E-state index in [0.29, 0.717) is 12.1 Å². The minimum Gasteiger partial charge on any atom is -0.494 e. The Hall–Kier alpha value is -4.17. The van der Waals surface area contributed by atoms with Crippen molar-refractivity contribution in [2.24, 2.45) is 5.73 Å². The summed E-state index contributed by atoms with van der Waals surface area (Å²) in [6.45, 7) is -1.38. The van der Waals surface area contributed by atoms with Gasteiger partial charge < -0.3 is 25.3 Å². The molecule has 38 heavy (non-hydrogen) atoms. The second-order valence-corrected chi connectivity index (χ2v) is 7.96. The Morgan fingerprint density at radius 3 is 2.42 bits per heavy atom. The summed E-state index contributed by atoms with van der Waals surface area (Å²) in [6, 6.07) is 4.22. The molecule has 2 aromatic carbocycles. The third kappa shape index (κ3) is 5.13. The molecule has 4 aromatic rings. The Balaban J connectivity index is 1.76. The van der Waals surface area contributed by atoms with E-state index in [1.54, 1.807) is 0 Å². The average molecular weight is 540 g/mol. The second kappa shape index (κ2) is 10.3. The molecule has 2 heterocycles. The number of hydrogen-bond donors (Lipinski definition) is 3. The number of aliphatic hydroxyl groups is 1. The molecule has 4 N–H and O–H groups in total. The van der Waals surface area contributed by atoms with E-state index >= 15 is 0 Å². The van der Waals surface area contributed by atoms with E-state index < -0.39 is 65.7 Å². The molecule has 0 aliphatic carbocycles. The molecule has 0 fully saturated rings. The van der Waals surface area contributed by atoms with Crippen LogP contribution in [0.2, 0.25) is 0 Å². The lowest BCUT2D eigenvalue weighted by Crippen LogP contribution is -2.27. The standard InChI is InChI=1S/C24H18F6N4O4/c1-37-17-4-2-12(11-3-5-18(24(28,29)30)33-19(11)17)23-34-20(21(38-23)16(31)9-35)22(36)32-8-13-14(26)6-10(25)7-15(13)27/h2-7,16,35H,8-9,31H2,1H3,(H,32,36)/t16-/m0/s1. The number of methoxy groups -OCH3 is 1. The van der Waals surface area contributed by atoms with Crippen LogP contribution in [0.5, 0.6) is 5.75 Å². The van der Waals surface area contributed by atoms with Crippen molar-refractivity contribution >= 4 is 16.8 Å². The number of fused-ring (bicyclic) bond motifs is 1. The zero-order valence-electron chi connectivity index (χ0n) is 19.4. The molecule has 0 aliphatic heterocycles. The highest BCUT2D eigenvalue weighted by atomic mass is 19.4. The minimum atomic E-state index is -4.73. The molecule has 200 valence electrons. The van der Waals surface area contributed by atoms with E-state index in [2.05, 4.69) is 15.3 Å². The number of alkyl halides is 3. The molecule has 1 atom stereocenters. The van der Waals surface area contributed by atoms with Gasteiger partial charge in [0.25, 0.3) is 5.91 Å². The van der Waals surface area contributed by atoms with Gasteiger partial charge in [0.15, 0.2) is 11.5 Å². The summed E-state index contributed by atoms with van der Waals surface area (Å²) in [5.41, 5.74) is 3.54. The normalized spacial score (nSPS) is 12.6. The number of nitrogens with two attached hydrogens (primary N) is 1. The first kappa shape index (κ1) is 26.9. The lowest BCUT2D eigenvalue weighted by Gasteiger charge is -2.11. The average Bonchev–Trinajstić information content (AvgIpc) is 3.31. The number of carbonyl (C=O) groups is 1. The van der Waals surface area contributed by atoms with Crippen molar-refractivity contribution < 1.29 is 45.4 Å². The molecule has 1 amide bonds. The Bertz CT molecular complexity index is 1500. The highest BCUT2D eigenvalue weighted by molar-refractivity contribution is 5.98. The highest BCUT2D eigenvalue weighted by Gasteiger charge is 2.33. The summed E-state index contributed by atoms with van der Waals surface area (Å²) in [6.07, 6.45) is -4.73. The molecular weight excluding hydrogens is 522 g/mol. The molecule has 0 spiro atoms. The van der Waals surface area contributed by atoms with Crippen LogP contribution in [0.4, 0.5) is 26.3 Å². The quantitative estimate of drug-likeness (QED) is 0.300. The summed E-state index contributed by atoms with van der Waals surface area (Å²) < 4.78 is 91.5. The van der Waals surface area contributed by atoms with Crippen LogP contribution in [0, 0.1) is 17.5 Å². The number of nitrogens with zero attached hydrogens (tertiary/aromatic N) is 2. The third-order valence-electron chi connectivity index (χ3n) is 5.49. The van der Waals surface area contributed by atoms with Gasteiger partial charge in [-0.2, -0.15) is 13.2 Å². The number of nitrogens with one attached hydrogen (secondary N) is 1. The first-order chi connectivity index (χ1) is 17.9. The number of rotatable bonds is 7. The molecule has 8 nitrogen and oxygen atoms in total. The number of carbonyl (C=O) groups excluding carboxylic acids is 1. The maximum Gasteiger partial charge on any atom is 0.433 e. The van der Waals surface area contributed by atoms with Gasteiger partial charge in [-0.05, 0) is 24.3 Å². The van der Waals surface area contributed by atoms with E-state index in [1.807, 2.05) is 0 Å². The maximum atomic E-state index is 14.0. The number of aromatic nitrogens is 2.